The third-order valence-corrected chi connectivity index (χ3v) is 5.68. The van der Waals surface area contributed by atoms with E-state index >= 15 is 0 Å². The lowest BCUT2D eigenvalue weighted by atomic mass is 9.97. The van der Waals surface area contributed by atoms with Gasteiger partial charge in [-0.1, -0.05) is 55.1 Å². The van der Waals surface area contributed by atoms with Gasteiger partial charge in [0.2, 0.25) is 0 Å². The summed E-state index contributed by atoms with van der Waals surface area (Å²) in [5.41, 5.74) is 1.36. The molecule has 0 saturated carbocycles. The molecule has 0 bridgehead atoms. The number of likely N-dealkylation sites (tertiary alicyclic amines) is 1. The van der Waals surface area contributed by atoms with Crippen LogP contribution in [0.3, 0.4) is 0 Å². The molecule has 1 heterocycles. The standard InChI is InChI=1S/C22H27Cl2NO/c1-17(12-15-25-13-4-2-3-5-14-25)18-6-9-20(10-7-18)26-22-11-8-19(23)16-21(22)24/h6-11,16-17H,2-5,12-15H2,1H3. The van der Waals surface area contributed by atoms with Crippen LogP contribution in [-0.4, -0.2) is 24.5 Å². The van der Waals surface area contributed by atoms with E-state index in [2.05, 4.69) is 24.0 Å². The fourth-order valence-corrected chi connectivity index (χ4v) is 3.90. The quantitative estimate of drug-likeness (QED) is 0.517. The largest absolute Gasteiger partial charge is 0.456 e. The summed E-state index contributed by atoms with van der Waals surface area (Å²) >= 11 is 12.1. The summed E-state index contributed by atoms with van der Waals surface area (Å²) in [4.78, 5) is 2.63. The van der Waals surface area contributed by atoms with E-state index in [9.17, 15) is 0 Å². The van der Waals surface area contributed by atoms with Gasteiger partial charge in [-0.3, -0.25) is 0 Å². The van der Waals surface area contributed by atoms with Crippen LogP contribution in [0.25, 0.3) is 0 Å². The first-order chi connectivity index (χ1) is 12.6. The smallest absolute Gasteiger partial charge is 0.146 e. The molecule has 2 nitrogen and oxygen atoms in total. The second-order valence-corrected chi connectivity index (χ2v) is 8.04. The maximum absolute atomic E-state index is 6.17. The molecular weight excluding hydrogens is 365 g/mol. The van der Waals surface area contributed by atoms with Crippen LogP contribution in [0, 0.1) is 0 Å². The molecule has 3 rings (SSSR count). The van der Waals surface area contributed by atoms with Crippen molar-refractivity contribution in [2.75, 3.05) is 19.6 Å². The van der Waals surface area contributed by atoms with E-state index in [1.165, 1.54) is 57.3 Å². The molecule has 1 aliphatic rings. The summed E-state index contributed by atoms with van der Waals surface area (Å²) in [6.07, 6.45) is 6.70. The Morgan fingerprint density at radius 2 is 1.65 bits per heavy atom. The number of benzene rings is 2. The number of ether oxygens (including phenoxy) is 1. The first kappa shape index (κ1) is 19.5. The second-order valence-electron chi connectivity index (χ2n) is 7.19. The minimum absolute atomic E-state index is 0.521. The van der Waals surface area contributed by atoms with Crippen molar-refractivity contribution in [1.29, 1.82) is 0 Å². The van der Waals surface area contributed by atoms with Crippen LogP contribution in [0.1, 0.15) is 50.5 Å². The molecule has 0 radical (unpaired) electrons. The van der Waals surface area contributed by atoms with Gasteiger partial charge < -0.3 is 9.64 Å². The van der Waals surface area contributed by atoms with Crippen LogP contribution >= 0.6 is 23.2 Å². The maximum atomic E-state index is 6.17. The van der Waals surface area contributed by atoms with Crippen molar-refractivity contribution >= 4 is 23.2 Å². The van der Waals surface area contributed by atoms with E-state index in [1.54, 1.807) is 18.2 Å². The van der Waals surface area contributed by atoms with Gasteiger partial charge in [-0.25, -0.2) is 0 Å². The number of halogens is 2. The lowest BCUT2D eigenvalue weighted by molar-refractivity contribution is 0.275. The van der Waals surface area contributed by atoms with Gasteiger partial charge in [-0.15, -0.1) is 0 Å². The highest BCUT2D eigenvalue weighted by atomic mass is 35.5. The Bertz CT molecular complexity index is 694. The molecule has 140 valence electrons. The minimum atomic E-state index is 0.521. The molecule has 26 heavy (non-hydrogen) atoms. The van der Waals surface area contributed by atoms with E-state index in [1.807, 2.05) is 12.1 Å². The van der Waals surface area contributed by atoms with Gasteiger partial charge in [0.15, 0.2) is 0 Å². The van der Waals surface area contributed by atoms with E-state index in [0.29, 0.717) is 21.7 Å². The first-order valence-electron chi connectivity index (χ1n) is 9.57. The number of hydrogen-bond donors (Lipinski definition) is 0. The number of hydrogen-bond acceptors (Lipinski definition) is 2. The van der Waals surface area contributed by atoms with Crippen molar-refractivity contribution in [2.24, 2.45) is 0 Å². The molecule has 4 heteroatoms. The van der Waals surface area contributed by atoms with Crippen molar-refractivity contribution in [1.82, 2.24) is 4.90 Å². The summed E-state index contributed by atoms with van der Waals surface area (Å²) in [5.74, 6) is 1.96. The monoisotopic (exact) mass is 391 g/mol. The zero-order chi connectivity index (χ0) is 18.4. The Morgan fingerprint density at radius 1 is 0.962 bits per heavy atom. The Morgan fingerprint density at radius 3 is 2.31 bits per heavy atom. The van der Waals surface area contributed by atoms with Crippen molar-refractivity contribution < 1.29 is 4.74 Å². The molecule has 0 spiro atoms. The summed E-state index contributed by atoms with van der Waals surface area (Å²) in [6.45, 7) is 6.03. The zero-order valence-corrected chi connectivity index (χ0v) is 16.9. The molecule has 0 aromatic heterocycles. The van der Waals surface area contributed by atoms with Crippen molar-refractivity contribution in [3.63, 3.8) is 0 Å². The third kappa shape index (κ3) is 5.64. The zero-order valence-electron chi connectivity index (χ0n) is 15.4. The van der Waals surface area contributed by atoms with E-state index in [-0.39, 0.29) is 0 Å². The normalized spacial score (nSPS) is 16.9. The molecule has 1 saturated heterocycles. The molecule has 2 aromatic carbocycles. The van der Waals surface area contributed by atoms with E-state index in [0.717, 1.165) is 5.75 Å². The maximum Gasteiger partial charge on any atom is 0.146 e. The Kier molecular flexibility index (Phi) is 7.24. The molecule has 1 unspecified atom stereocenters. The van der Waals surface area contributed by atoms with Gasteiger partial charge in [-0.05, 0) is 80.7 Å². The summed E-state index contributed by atoms with van der Waals surface area (Å²) in [6, 6.07) is 13.6. The summed E-state index contributed by atoms with van der Waals surface area (Å²) in [7, 11) is 0. The molecule has 1 aliphatic heterocycles. The van der Waals surface area contributed by atoms with Gasteiger partial charge in [0.1, 0.15) is 11.5 Å². The Hall–Kier alpha value is -1.22. The lowest BCUT2D eigenvalue weighted by Crippen LogP contribution is -2.26. The summed E-state index contributed by atoms with van der Waals surface area (Å²) < 4.78 is 5.87. The van der Waals surface area contributed by atoms with Crippen molar-refractivity contribution in [3.05, 3.63) is 58.1 Å². The molecule has 1 fully saturated rings. The average molecular weight is 392 g/mol. The third-order valence-electron chi connectivity index (χ3n) is 5.15. The molecule has 2 aromatic rings. The van der Waals surface area contributed by atoms with E-state index in [4.69, 9.17) is 27.9 Å². The molecule has 0 amide bonds. The fraction of sp³-hybridized carbons (Fsp3) is 0.455. The van der Waals surface area contributed by atoms with Gasteiger partial charge in [0.25, 0.3) is 0 Å². The van der Waals surface area contributed by atoms with Crippen LogP contribution in [0.2, 0.25) is 10.0 Å². The molecular formula is C22H27Cl2NO. The van der Waals surface area contributed by atoms with Crippen LogP contribution in [0.5, 0.6) is 11.5 Å². The van der Waals surface area contributed by atoms with Crippen LogP contribution in [-0.2, 0) is 0 Å². The topological polar surface area (TPSA) is 12.5 Å². The highest BCUT2D eigenvalue weighted by molar-refractivity contribution is 6.35. The Labute approximate surface area is 167 Å². The SMILES string of the molecule is CC(CCN1CCCCCC1)c1ccc(Oc2ccc(Cl)cc2Cl)cc1. The first-order valence-corrected chi connectivity index (χ1v) is 10.3. The van der Waals surface area contributed by atoms with Crippen LogP contribution in [0.4, 0.5) is 0 Å². The predicted octanol–water partition coefficient (Wildman–Crippen LogP) is 7.16. The second kappa shape index (κ2) is 9.64. The van der Waals surface area contributed by atoms with Crippen molar-refractivity contribution in [3.8, 4) is 11.5 Å². The molecule has 0 aliphatic carbocycles. The Balaban J connectivity index is 1.54. The number of rotatable bonds is 6. The van der Waals surface area contributed by atoms with Gasteiger partial charge >= 0.3 is 0 Å². The predicted molar refractivity (Wildman–Crippen MR) is 111 cm³/mol. The fourth-order valence-electron chi connectivity index (χ4n) is 3.45. The van der Waals surface area contributed by atoms with Gasteiger partial charge in [0, 0.05) is 5.02 Å². The number of nitrogens with zero attached hydrogens (tertiary/aromatic N) is 1. The highest BCUT2D eigenvalue weighted by Crippen LogP contribution is 2.32. The molecule has 0 N–H and O–H groups in total. The summed E-state index contributed by atoms with van der Waals surface area (Å²) in [5, 5.41) is 1.13. The average Bonchev–Trinajstić information content (AvgIpc) is 2.91. The van der Waals surface area contributed by atoms with Gasteiger partial charge in [0.05, 0.1) is 5.02 Å². The van der Waals surface area contributed by atoms with E-state index < -0.39 is 0 Å². The minimum Gasteiger partial charge on any atom is -0.456 e. The van der Waals surface area contributed by atoms with Crippen molar-refractivity contribution in [2.45, 2.75) is 44.9 Å². The highest BCUT2D eigenvalue weighted by Gasteiger charge is 2.12. The van der Waals surface area contributed by atoms with Gasteiger partial charge in [-0.2, -0.15) is 0 Å². The van der Waals surface area contributed by atoms with Crippen LogP contribution in [0.15, 0.2) is 42.5 Å². The van der Waals surface area contributed by atoms with Crippen LogP contribution < -0.4 is 4.74 Å². The molecule has 1 atom stereocenters. The lowest BCUT2D eigenvalue weighted by Gasteiger charge is -2.22.